The van der Waals surface area contributed by atoms with E-state index in [9.17, 15) is 14.7 Å². The number of ether oxygens (including phenoxy) is 1. The van der Waals surface area contributed by atoms with Gasteiger partial charge in [-0.05, 0) is 24.6 Å². The zero-order valence-electron chi connectivity index (χ0n) is 12.9. The van der Waals surface area contributed by atoms with Crippen LogP contribution in [0, 0.1) is 0 Å². The van der Waals surface area contributed by atoms with Gasteiger partial charge in [-0.25, -0.2) is 0 Å². The number of phenolic OH excluding ortho intramolecular Hbond substituents is 1. The smallest absolute Gasteiger partial charge is 0.196 e. The SMILES string of the molecule is C=C(C)C(=O)CCOc1ccc(C(=O)c2ccccc2)c(O)c1. The molecule has 4 nitrogen and oxygen atoms in total. The largest absolute Gasteiger partial charge is 0.507 e. The fourth-order valence-corrected chi connectivity index (χ4v) is 2.01. The molecule has 118 valence electrons. The minimum absolute atomic E-state index is 0.0647. The molecule has 0 spiro atoms. The fourth-order valence-electron chi connectivity index (χ4n) is 2.01. The van der Waals surface area contributed by atoms with Gasteiger partial charge in [-0.2, -0.15) is 0 Å². The minimum Gasteiger partial charge on any atom is -0.507 e. The molecule has 0 aliphatic carbocycles. The van der Waals surface area contributed by atoms with E-state index in [-0.39, 0.29) is 35.9 Å². The van der Waals surface area contributed by atoms with Gasteiger partial charge in [-0.1, -0.05) is 36.9 Å². The molecule has 0 saturated heterocycles. The molecule has 0 amide bonds. The van der Waals surface area contributed by atoms with Crippen molar-refractivity contribution in [3.63, 3.8) is 0 Å². The lowest BCUT2D eigenvalue weighted by molar-refractivity contribution is -0.115. The standard InChI is InChI=1S/C19H18O4/c1-13(2)17(20)10-11-23-15-8-9-16(18(21)12-15)19(22)14-6-4-3-5-7-14/h3-9,12,21H,1,10-11H2,2H3. The van der Waals surface area contributed by atoms with E-state index in [4.69, 9.17) is 4.74 Å². The van der Waals surface area contributed by atoms with Crippen LogP contribution in [-0.2, 0) is 4.79 Å². The van der Waals surface area contributed by atoms with Crippen LogP contribution in [0.1, 0.15) is 29.3 Å². The van der Waals surface area contributed by atoms with E-state index in [2.05, 4.69) is 6.58 Å². The molecule has 2 rings (SSSR count). The monoisotopic (exact) mass is 310 g/mol. The maximum atomic E-state index is 12.3. The third-order valence-electron chi connectivity index (χ3n) is 3.32. The molecule has 2 aromatic rings. The quantitative estimate of drug-likeness (QED) is 0.627. The number of carbonyl (C=O) groups is 2. The van der Waals surface area contributed by atoms with Crippen LogP contribution in [0.3, 0.4) is 0 Å². The molecular formula is C19H18O4. The van der Waals surface area contributed by atoms with Crippen LogP contribution in [0.5, 0.6) is 11.5 Å². The third-order valence-corrected chi connectivity index (χ3v) is 3.32. The lowest BCUT2D eigenvalue weighted by Gasteiger charge is -2.09. The molecule has 4 heteroatoms. The second kappa shape index (κ2) is 7.40. The van der Waals surface area contributed by atoms with Crippen LogP contribution in [0.4, 0.5) is 0 Å². The maximum absolute atomic E-state index is 12.3. The van der Waals surface area contributed by atoms with Gasteiger partial charge in [0.2, 0.25) is 0 Å². The lowest BCUT2D eigenvalue weighted by Crippen LogP contribution is -2.07. The topological polar surface area (TPSA) is 63.6 Å². The molecule has 0 aromatic heterocycles. The summed E-state index contributed by atoms with van der Waals surface area (Å²) in [6, 6.07) is 13.2. The van der Waals surface area contributed by atoms with Crippen molar-refractivity contribution in [2.24, 2.45) is 0 Å². The first-order chi connectivity index (χ1) is 11.0. The molecule has 0 unspecified atom stereocenters. The van der Waals surface area contributed by atoms with E-state index in [1.807, 2.05) is 6.07 Å². The number of hydrogen-bond acceptors (Lipinski definition) is 4. The number of benzene rings is 2. The summed E-state index contributed by atoms with van der Waals surface area (Å²) in [7, 11) is 0. The molecule has 1 N–H and O–H groups in total. The first kappa shape index (κ1) is 16.5. The zero-order valence-corrected chi connectivity index (χ0v) is 12.9. The van der Waals surface area contributed by atoms with Crippen molar-refractivity contribution in [3.8, 4) is 11.5 Å². The van der Waals surface area contributed by atoms with E-state index in [1.165, 1.54) is 12.1 Å². The Morgan fingerprint density at radius 3 is 2.43 bits per heavy atom. The first-order valence-electron chi connectivity index (χ1n) is 7.23. The van der Waals surface area contributed by atoms with E-state index >= 15 is 0 Å². The first-order valence-corrected chi connectivity index (χ1v) is 7.23. The van der Waals surface area contributed by atoms with Crippen molar-refractivity contribution in [3.05, 3.63) is 71.8 Å². The van der Waals surface area contributed by atoms with E-state index in [0.717, 1.165) is 0 Å². The summed E-state index contributed by atoms with van der Waals surface area (Å²) in [5.74, 6) is -0.0681. The summed E-state index contributed by atoms with van der Waals surface area (Å²) in [4.78, 5) is 23.7. The summed E-state index contributed by atoms with van der Waals surface area (Å²) >= 11 is 0. The van der Waals surface area contributed by atoms with Gasteiger partial charge in [0, 0.05) is 18.1 Å². The molecule has 0 aliphatic rings. The van der Waals surface area contributed by atoms with Crippen LogP contribution >= 0.6 is 0 Å². The minimum atomic E-state index is -0.257. The fraction of sp³-hybridized carbons (Fsp3) is 0.158. The molecule has 0 aliphatic heterocycles. The summed E-state index contributed by atoms with van der Waals surface area (Å²) in [6.45, 7) is 5.41. The number of rotatable bonds is 7. The number of carbonyl (C=O) groups excluding carboxylic acids is 2. The maximum Gasteiger partial charge on any atom is 0.196 e. The van der Waals surface area contributed by atoms with Gasteiger partial charge in [0.05, 0.1) is 12.2 Å². The average Bonchev–Trinajstić information content (AvgIpc) is 2.55. The van der Waals surface area contributed by atoms with Gasteiger partial charge in [0.25, 0.3) is 0 Å². The summed E-state index contributed by atoms with van der Waals surface area (Å²) < 4.78 is 5.41. The molecule has 0 radical (unpaired) electrons. The number of ketones is 2. The molecular weight excluding hydrogens is 292 g/mol. The van der Waals surface area contributed by atoms with Crippen molar-refractivity contribution >= 4 is 11.6 Å². The predicted octanol–water partition coefficient (Wildman–Crippen LogP) is 3.54. The summed E-state index contributed by atoms with van der Waals surface area (Å²) in [5.41, 5.74) is 1.20. The second-order valence-corrected chi connectivity index (χ2v) is 5.18. The molecule has 23 heavy (non-hydrogen) atoms. The van der Waals surface area contributed by atoms with Crippen molar-refractivity contribution in [2.45, 2.75) is 13.3 Å². The van der Waals surface area contributed by atoms with Gasteiger partial charge in [-0.3, -0.25) is 9.59 Å². The molecule has 0 bridgehead atoms. The second-order valence-electron chi connectivity index (χ2n) is 5.18. The number of allylic oxidation sites excluding steroid dienone is 1. The molecule has 0 atom stereocenters. The Kier molecular flexibility index (Phi) is 5.31. The van der Waals surface area contributed by atoms with E-state index < -0.39 is 0 Å². The van der Waals surface area contributed by atoms with Crippen LogP contribution in [0.15, 0.2) is 60.7 Å². The Bertz CT molecular complexity index is 732. The van der Waals surface area contributed by atoms with E-state index in [1.54, 1.807) is 37.3 Å². The number of hydrogen-bond donors (Lipinski definition) is 1. The van der Waals surface area contributed by atoms with Gasteiger partial charge in [0.15, 0.2) is 11.6 Å². The summed E-state index contributed by atoms with van der Waals surface area (Å²) in [6.07, 6.45) is 0.223. The molecule has 0 saturated carbocycles. The highest BCUT2D eigenvalue weighted by Crippen LogP contribution is 2.26. The normalized spacial score (nSPS) is 10.1. The lowest BCUT2D eigenvalue weighted by atomic mass is 10.0. The molecule has 0 fully saturated rings. The average molecular weight is 310 g/mol. The van der Waals surface area contributed by atoms with Crippen molar-refractivity contribution in [2.75, 3.05) is 6.61 Å². The Labute approximate surface area is 135 Å². The van der Waals surface area contributed by atoms with Crippen molar-refractivity contribution in [1.82, 2.24) is 0 Å². The van der Waals surface area contributed by atoms with Gasteiger partial charge >= 0.3 is 0 Å². The van der Waals surface area contributed by atoms with Crippen molar-refractivity contribution in [1.29, 1.82) is 0 Å². The third kappa shape index (κ3) is 4.30. The molecule has 0 heterocycles. The number of Topliss-reactive ketones (excluding diaryl/α,β-unsaturated/α-hetero) is 1. The van der Waals surface area contributed by atoms with Crippen molar-refractivity contribution < 1.29 is 19.4 Å². The highest BCUT2D eigenvalue weighted by Gasteiger charge is 2.14. The Balaban J connectivity index is 2.05. The highest BCUT2D eigenvalue weighted by molar-refractivity contribution is 6.10. The predicted molar refractivity (Wildman–Crippen MR) is 87.9 cm³/mol. The Morgan fingerprint density at radius 1 is 1.13 bits per heavy atom. The summed E-state index contributed by atoms with van der Waals surface area (Å²) in [5, 5.41) is 10.0. The highest BCUT2D eigenvalue weighted by atomic mass is 16.5. The van der Waals surface area contributed by atoms with E-state index in [0.29, 0.717) is 16.9 Å². The Hall–Kier alpha value is -2.88. The van der Waals surface area contributed by atoms with Crippen LogP contribution in [-0.4, -0.2) is 23.3 Å². The number of phenols is 1. The zero-order chi connectivity index (χ0) is 16.8. The van der Waals surface area contributed by atoms with Gasteiger partial charge < -0.3 is 9.84 Å². The van der Waals surface area contributed by atoms with Crippen LogP contribution in [0.25, 0.3) is 0 Å². The van der Waals surface area contributed by atoms with Crippen LogP contribution in [0.2, 0.25) is 0 Å². The Morgan fingerprint density at radius 2 is 1.83 bits per heavy atom. The van der Waals surface area contributed by atoms with Crippen LogP contribution < -0.4 is 4.74 Å². The molecule has 2 aromatic carbocycles. The van der Waals surface area contributed by atoms with Gasteiger partial charge in [0.1, 0.15) is 11.5 Å². The van der Waals surface area contributed by atoms with Gasteiger partial charge in [-0.15, -0.1) is 0 Å². The number of aromatic hydroxyl groups is 1.